The lowest BCUT2D eigenvalue weighted by atomic mass is 10.2. The van der Waals surface area contributed by atoms with Crippen molar-refractivity contribution in [1.29, 1.82) is 0 Å². The van der Waals surface area contributed by atoms with E-state index < -0.39 is 0 Å². The van der Waals surface area contributed by atoms with Crippen LogP contribution in [0.3, 0.4) is 0 Å². The number of benzene rings is 1. The van der Waals surface area contributed by atoms with E-state index in [9.17, 15) is 4.79 Å². The van der Waals surface area contributed by atoms with Gasteiger partial charge in [-0.3, -0.25) is 4.79 Å². The van der Waals surface area contributed by atoms with E-state index in [1.807, 2.05) is 24.3 Å². The highest BCUT2D eigenvalue weighted by atomic mass is 16.1. The standard InChI is InChI=1S/C17H29N3O/c1-3-11-20(12-4-2)13-5-6-17(21)19-16-9-7-15(14-18)8-10-16/h7-10H,3-6,11-14,18H2,1-2H3,(H,19,21). The zero-order chi connectivity index (χ0) is 15.5. The Morgan fingerprint density at radius 3 is 2.24 bits per heavy atom. The van der Waals surface area contributed by atoms with Crippen molar-refractivity contribution in [3.05, 3.63) is 29.8 Å². The van der Waals surface area contributed by atoms with Crippen molar-refractivity contribution in [2.24, 2.45) is 5.73 Å². The number of carbonyl (C=O) groups excluding carboxylic acids is 1. The zero-order valence-corrected chi connectivity index (χ0v) is 13.4. The molecule has 0 radical (unpaired) electrons. The first kappa shape index (κ1) is 17.7. The van der Waals surface area contributed by atoms with E-state index in [-0.39, 0.29) is 5.91 Å². The Kier molecular flexibility index (Phi) is 8.71. The molecule has 4 heteroatoms. The molecule has 0 saturated heterocycles. The van der Waals surface area contributed by atoms with Gasteiger partial charge in [0.05, 0.1) is 0 Å². The average Bonchev–Trinajstić information content (AvgIpc) is 2.48. The van der Waals surface area contributed by atoms with E-state index in [1.165, 1.54) is 12.8 Å². The Hall–Kier alpha value is -1.39. The van der Waals surface area contributed by atoms with E-state index in [0.29, 0.717) is 13.0 Å². The van der Waals surface area contributed by atoms with Crippen molar-refractivity contribution in [3.8, 4) is 0 Å². The summed E-state index contributed by atoms with van der Waals surface area (Å²) in [5, 5.41) is 2.93. The molecule has 0 aromatic heterocycles. The van der Waals surface area contributed by atoms with E-state index in [2.05, 4.69) is 24.1 Å². The average molecular weight is 291 g/mol. The fourth-order valence-electron chi connectivity index (χ4n) is 2.38. The summed E-state index contributed by atoms with van der Waals surface area (Å²) in [6.45, 7) is 8.16. The first-order valence-electron chi connectivity index (χ1n) is 8.00. The van der Waals surface area contributed by atoms with Crippen molar-refractivity contribution in [2.45, 2.75) is 46.1 Å². The lowest BCUT2D eigenvalue weighted by molar-refractivity contribution is -0.116. The molecule has 0 atom stereocenters. The molecule has 0 saturated carbocycles. The SMILES string of the molecule is CCCN(CCC)CCCC(=O)Nc1ccc(CN)cc1. The second-order valence-corrected chi connectivity index (χ2v) is 5.39. The Bertz CT molecular complexity index is 397. The third-order valence-corrected chi connectivity index (χ3v) is 3.43. The van der Waals surface area contributed by atoms with Gasteiger partial charge in [-0.2, -0.15) is 0 Å². The van der Waals surface area contributed by atoms with Crippen LogP contribution in [0.5, 0.6) is 0 Å². The first-order chi connectivity index (χ1) is 10.2. The number of rotatable bonds is 10. The minimum atomic E-state index is 0.0865. The summed E-state index contributed by atoms with van der Waals surface area (Å²) in [5.74, 6) is 0.0865. The van der Waals surface area contributed by atoms with Gasteiger partial charge < -0.3 is 16.0 Å². The Morgan fingerprint density at radius 1 is 1.10 bits per heavy atom. The molecular formula is C17H29N3O. The van der Waals surface area contributed by atoms with Gasteiger partial charge in [-0.05, 0) is 56.6 Å². The van der Waals surface area contributed by atoms with Crippen LogP contribution >= 0.6 is 0 Å². The lowest BCUT2D eigenvalue weighted by Crippen LogP contribution is -2.27. The Labute approximate surface area is 128 Å². The van der Waals surface area contributed by atoms with Crippen LogP contribution in [-0.2, 0) is 11.3 Å². The summed E-state index contributed by atoms with van der Waals surface area (Å²) >= 11 is 0. The molecule has 21 heavy (non-hydrogen) atoms. The molecule has 118 valence electrons. The van der Waals surface area contributed by atoms with E-state index in [4.69, 9.17) is 5.73 Å². The molecule has 1 aromatic rings. The molecule has 0 fully saturated rings. The highest BCUT2D eigenvalue weighted by molar-refractivity contribution is 5.90. The molecule has 1 aromatic carbocycles. The number of nitrogens with zero attached hydrogens (tertiary/aromatic N) is 1. The molecule has 1 rings (SSSR count). The minimum Gasteiger partial charge on any atom is -0.326 e. The third kappa shape index (κ3) is 7.25. The number of carbonyl (C=O) groups is 1. The highest BCUT2D eigenvalue weighted by Gasteiger charge is 2.06. The van der Waals surface area contributed by atoms with E-state index in [1.54, 1.807) is 0 Å². The molecule has 0 spiro atoms. The molecule has 0 heterocycles. The Morgan fingerprint density at radius 2 is 1.71 bits per heavy atom. The fraction of sp³-hybridized carbons (Fsp3) is 0.588. The van der Waals surface area contributed by atoms with Gasteiger partial charge in [0.2, 0.25) is 5.91 Å². The second kappa shape index (κ2) is 10.4. The van der Waals surface area contributed by atoms with Gasteiger partial charge in [0.1, 0.15) is 0 Å². The molecule has 3 N–H and O–H groups in total. The smallest absolute Gasteiger partial charge is 0.224 e. The molecular weight excluding hydrogens is 262 g/mol. The summed E-state index contributed by atoms with van der Waals surface area (Å²) in [4.78, 5) is 14.3. The summed E-state index contributed by atoms with van der Waals surface area (Å²) in [5.41, 5.74) is 7.47. The van der Waals surface area contributed by atoms with E-state index >= 15 is 0 Å². The number of hydrogen-bond donors (Lipinski definition) is 2. The van der Waals surface area contributed by atoms with Crippen molar-refractivity contribution < 1.29 is 4.79 Å². The van der Waals surface area contributed by atoms with Gasteiger partial charge in [0, 0.05) is 18.7 Å². The molecule has 1 amide bonds. The third-order valence-electron chi connectivity index (χ3n) is 3.43. The number of hydrogen-bond acceptors (Lipinski definition) is 3. The second-order valence-electron chi connectivity index (χ2n) is 5.39. The quantitative estimate of drug-likeness (QED) is 0.697. The monoisotopic (exact) mass is 291 g/mol. The van der Waals surface area contributed by atoms with Gasteiger partial charge in [-0.25, -0.2) is 0 Å². The van der Waals surface area contributed by atoms with Crippen LogP contribution in [-0.4, -0.2) is 30.4 Å². The van der Waals surface area contributed by atoms with Crippen LogP contribution in [0.15, 0.2) is 24.3 Å². The van der Waals surface area contributed by atoms with Gasteiger partial charge in [-0.1, -0.05) is 26.0 Å². The van der Waals surface area contributed by atoms with Crippen molar-refractivity contribution in [1.82, 2.24) is 4.90 Å². The maximum atomic E-state index is 11.9. The molecule has 0 aliphatic rings. The normalized spacial score (nSPS) is 10.9. The molecule has 0 unspecified atom stereocenters. The predicted molar refractivity (Wildman–Crippen MR) is 89.2 cm³/mol. The van der Waals surface area contributed by atoms with Gasteiger partial charge in [0.15, 0.2) is 0 Å². The van der Waals surface area contributed by atoms with Crippen molar-refractivity contribution in [3.63, 3.8) is 0 Å². The largest absolute Gasteiger partial charge is 0.326 e. The highest BCUT2D eigenvalue weighted by Crippen LogP contribution is 2.10. The van der Waals surface area contributed by atoms with E-state index in [0.717, 1.165) is 37.3 Å². The minimum absolute atomic E-state index is 0.0865. The van der Waals surface area contributed by atoms with Gasteiger partial charge >= 0.3 is 0 Å². The number of anilines is 1. The van der Waals surface area contributed by atoms with Crippen LogP contribution in [0.1, 0.15) is 45.1 Å². The van der Waals surface area contributed by atoms with Crippen LogP contribution in [0.25, 0.3) is 0 Å². The first-order valence-corrected chi connectivity index (χ1v) is 8.00. The summed E-state index contributed by atoms with van der Waals surface area (Å²) < 4.78 is 0. The van der Waals surface area contributed by atoms with Gasteiger partial charge in [-0.15, -0.1) is 0 Å². The summed E-state index contributed by atoms with van der Waals surface area (Å²) in [7, 11) is 0. The van der Waals surface area contributed by atoms with Crippen LogP contribution in [0, 0.1) is 0 Å². The number of nitrogens with one attached hydrogen (secondary N) is 1. The van der Waals surface area contributed by atoms with Gasteiger partial charge in [0.25, 0.3) is 0 Å². The van der Waals surface area contributed by atoms with Crippen LogP contribution < -0.4 is 11.1 Å². The lowest BCUT2D eigenvalue weighted by Gasteiger charge is -2.20. The Balaban J connectivity index is 2.29. The van der Waals surface area contributed by atoms with Crippen molar-refractivity contribution >= 4 is 11.6 Å². The zero-order valence-electron chi connectivity index (χ0n) is 13.4. The molecule has 4 nitrogen and oxygen atoms in total. The summed E-state index contributed by atoms with van der Waals surface area (Å²) in [6, 6.07) is 7.70. The van der Waals surface area contributed by atoms with Crippen LogP contribution in [0.2, 0.25) is 0 Å². The fourth-order valence-corrected chi connectivity index (χ4v) is 2.38. The molecule has 0 aliphatic carbocycles. The molecule has 0 bridgehead atoms. The summed E-state index contributed by atoms with van der Waals surface area (Å²) in [6.07, 6.45) is 3.81. The maximum Gasteiger partial charge on any atom is 0.224 e. The predicted octanol–water partition coefficient (Wildman–Crippen LogP) is 2.99. The topological polar surface area (TPSA) is 58.4 Å². The number of nitrogens with two attached hydrogens (primary N) is 1. The maximum absolute atomic E-state index is 11.9. The number of amides is 1. The van der Waals surface area contributed by atoms with Crippen molar-refractivity contribution in [2.75, 3.05) is 25.0 Å². The van der Waals surface area contributed by atoms with Crippen LogP contribution in [0.4, 0.5) is 5.69 Å². The molecule has 0 aliphatic heterocycles.